The number of hydrogen-bond donors (Lipinski definition) is 3. The van der Waals surface area contributed by atoms with Gasteiger partial charge >= 0.3 is 6.80 Å². The molecule has 0 bridgehead atoms. The molecule has 1 fully saturated rings. The highest BCUT2D eigenvalue weighted by atomic mass is 32.7. The number of thiol groups is 1. The van der Waals surface area contributed by atoms with Gasteiger partial charge in [0, 0.05) is 12.3 Å². The van der Waals surface area contributed by atoms with Crippen molar-refractivity contribution in [2.45, 2.75) is 25.9 Å². The summed E-state index contributed by atoms with van der Waals surface area (Å²) in [5.41, 5.74) is 6.77. The molecule has 0 saturated carbocycles. The van der Waals surface area contributed by atoms with Gasteiger partial charge in [-0.3, -0.25) is 9.09 Å². The van der Waals surface area contributed by atoms with Gasteiger partial charge in [-0.25, -0.2) is 19.5 Å². The monoisotopic (exact) mass is 331 g/mol. The Labute approximate surface area is 125 Å². The predicted molar refractivity (Wildman–Crippen MR) is 77.3 cm³/mol. The van der Waals surface area contributed by atoms with Crippen LogP contribution < -0.4 is 5.73 Å². The molecule has 3 heterocycles. The van der Waals surface area contributed by atoms with Gasteiger partial charge in [-0.2, -0.15) is 0 Å². The Bertz CT molecular complexity index is 719. The van der Waals surface area contributed by atoms with Crippen molar-refractivity contribution in [2.24, 2.45) is 5.92 Å². The zero-order valence-electron chi connectivity index (χ0n) is 11.0. The summed E-state index contributed by atoms with van der Waals surface area (Å²) in [5, 5.41) is 0. The second kappa shape index (κ2) is 5.22. The average molecular weight is 331 g/mol. The van der Waals surface area contributed by atoms with E-state index < -0.39 is 19.3 Å². The number of aromatic nitrogens is 4. The first-order chi connectivity index (χ1) is 9.85. The van der Waals surface area contributed by atoms with Gasteiger partial charge in [-0.05, 0) is 0 Å². The second-order valence-electron chi connectivity index (χ2n) is 4.85. The summed E-state index contributed by atoms with van der Waals surface area (Å²) >= 11 is 3.49. The molecule has 9 nitrogen and oxygen atoms in total. The molecule has 0 radical (unpaired) electrons. The molecule has 1 aliphatic rings. The Morgan fingerprint density at radius 1 is 1.57 bits per heavy atom. The van der Waals surface area contributed by atoms with E-state index >= 15 is 0 Å². The van der Waals surface area contributed by atoms with Gasteiger partial charge in [-0.1, -0.05) is 19.2 Å². The molecule has 2 unspecified atom stereocenters. The van der Waals surface area contributed by atoms with Crippen LogP contribution in [-0.4, -0.2) is 30.7 Å². The molecule has 1 aliphatic heterocycles. The SMILES string of the molecule is CC1C[C@@H](OP(=O)(O)S)O[C@H]1n1cnc2c(N)ncnc21. The molecule has 2 aromatic rings. The maximum atomic E-state index is 11.2. The van der Waals surface area contributed by atoms with Crippen LogP contribution in [-0.2, 0) is 13.8 Å². The second-order valence-corrected chi connectivity index (χ2v) is 7.56. The van der Waals surface area contributed by atoms with Gasteiger partial charge in [0.15, 0.2) is 17.8 Å². The summed E-state index contributed by atoms with van der Waals surface area (Å²) in [6, 6.07) is 0. The normalized spacial score (nSPS) is 28.8. The molecule has 0 spiro atoms. The van der Waals surface area contributed by atoms with E-state index in [9.17, 15) is 4.57 Å². The van der Waals surface area contributed by atoms with Crippen LogP contribution >= 0.6 is 19.0 Å². The van der Waals surface area contributed by atoms with E-state index in [0.717, 1.165) is 0 Å². The van der Waals surface area contributed by atoms with Crippen LogP contribution in [0, 0.1) is 5.92 Å². The van der Waals surface area contributed by atoms with E-state index in [1.54, 1.807) is 10.9 Å². The van der Waals surface area contributed by atoms with Crippen LogP contribution in [0.4, 0.5) is 5.82 Å². The largest absolute Gasteiger partial charge is 0.385 e. The molecule has 11 heteroatoms. The van der Waals surface area contributed by atoms with Crippen molar-refractivity contribution in [3.05, 3.63) is 12.7 Å². The van der Waals surface area contributed by atoms with Crippen LogP contribution in [0.2, 0.25) is 0 Å². The van der Waals surface area contributed by atoms with E-state index in [4.69, 9.17) is 19.9 Å². The van der Waals surface area contributed by atoms with Crippen molar-refractivity contribution in [3.8, 4) is 0 Å². The highest BCUT2D eigenvalue weighted by Gasteiger charge is 2.37. The lowest BCUT2D eigenvalue weighted by Crippen LogP contribution is -2.14. The average Bonchev–Trinajstić information content (AvgIpc) is 2.92. The fourth-order valence-corrected chi connectivity index (χ4v) is 3.14. The topological polar surface area (TPSA) is 125 Å². The number of fused-ring (bicyclic) bond motifs is 1. The van der Waals surface area contributed by atoms with Crippen LogP contribution in [0.1, 0.15) is 19.6 Å². The summed E-state index contributed by atoms with van der Waals surface area (Å²) < 4.78 is 23.5. The lowest BCUT2D eigenvalue weighted by molar-refractivity contribution is -0.101. The summed E-state index contributed by atoms with van der Waals surface area (Å²) in [5.74, 6) is 0.316. The van der Waals surface area contributed by atoms with Crippen molar-refractivity contribution < 1.29 is 18.7 Å². The fourth-order valence-electron chi connectivity index (χ4n) is 2.38. The first kappa shape index (κ1) is 14.7. The number of hydrogen-bond acceptors (Lipinski definition) is 7. The molecule has 1 saturated heterocycles. The summed E-state index contributed by atoms with van der Waals surface area (Å²) in [7, 11) is 0. The van der Waals surface area contributed by atoms with Gasteiger partial charge in [0.05, 0.1) is 6.33 Å². The van der Waals surface area contributed by atoms with E-state index in [1.165, 1.54) is 6.33 Å². The quantitative estimate of drug-likeness (QED) is 0.568. The van der Waals surface area contributed by atoms with Crippen LogP contribution in [0.25, 0.3) is 11.2 Å². The number of rotatable bonds is 3. The first-order valence-electron chi connectivity index (χ1n) is 6.17. The maximum Gasteiger partial charge on any atom is 0.385 e. The number of nitrogens with zero attached hydrogens (tertiary/aromatic N) is 4. The van der Waals surface area contributed by atoms with Crippen LogP contribution in [0.5, 0.6) is 0 Å². The minimum absolute atomic E-state index is 0.0310. The zero-order valence-corrected chi connectivity index (χ0v) is 12.8. The number of ether oxygens (including phenoxy) is 1. The number of nitrogens with two attached hydrogens (primary N) is 1. The fraction of sp³-hybridized carbons (Fsp3) is 0.500. The first-order valence-corrected chi connectivity index (χ1v) is 8.90. The summed E-state index contributed by atoms with van der Waals surface area (Å²) in [4.78, 5) is 21.3. The van der Waals surface area contributed by atoms with Crippen molar-refractivity contribution in [3.63, 3.8) is 0 Å². The summed E-state index contributed by atoms with van der Waals surface area (Å²) in [6.45, 7) is -1.97. The highest BCUT2D eigenvalue weighted by Crippen LogP contribution is 2.51. The molecule has 0 aliphatic carbocycles. The Kier molecular flexibility index (Phi) is 3.66. The molecular formula is C10H14N5O4PS. The Morgan fingerprint density at radius 2 is 2.33 bits per heavy atom. The maximum absolute atomic E-state index is 11.2. The molecule has 0 aromatic carbocycles. The van der Waals surface area contributed by atoms with Gasteiger partial charge in [0.1, 0.15) is 18.1 Å². The van der Waals surface area contributed by atoms with Gasteiger partial charge in [-0.15, -0.1) is 0 Å². The predicted octanol–water partition coefficient (Wildman–Crippen LogP) is 1.34. The molecule has 4 atom stereocenters. The lowest BCUT2D eigenvalue weighted by Gasteiger charge is -2.17. The minimum atomic E-state index is -3.90. The third-order valence-electron chi connectivity index (χ3n) is 3.26. The highest BCUT2D eigenvalue weighted by molar-refractivity contribution is 8.44. The van der Waals surface area contributed by atoms with Crippen molar-refractivity contribution in [1.82, 2.24) is 19.5 Å². The van der Waals surface area contributed by atoms with Crippen molar-refractivity contribution >= 4 is 36.0 Å². The summed E-state index contributed by atoms with van der Waals surface area (Å²) in [6.07, 6.45) is 2.12. The standard InChI is InChI=1S/C10H14N5O4PS/c1-5-2-6(19-20(16,17)21)18-10(5)15-4-14-7-8(11)12-3-13-9(7)15/h3-6,10H,2H2,1H3,(H2,11,12,13)(H2,16,17,21)/t5?,6-,10-/m1/s1. The van der Waals surface area contributed by atoms with Gasteiger partial charge < -0.3 is 15.4 Å². The molecule has 3 N–H and O–H groups in total. The lowest BCUT2D eigenvalue weighted by atomic mass is 10.1. The molecular weight excluding hydrogens is 317 g/mol. The zero-order chi connectivity index (χ0) is 15.2. The van der Waals surface area contributed by atoms with Crippen LogP contribution in [0.15, 0.2) is 12.7 Å². The number of anilines is 1. The van der Waals surface area contributed by atoms with E-state index in [-0.39, 0.29) is 11.7 Å². The third kappa shape index (κ3) is 2.90. The van der Waals surface area contributed by atoms with Crippen molar-refractivity contribution in [1.29, 1.82) is 0 Å². The van der Waals surface area contributed by atoms with Gasteiger partial charge in [0.2, 0.25) is 0 Å². The Hall–Kier alpha value is -1.19. The molecule has 2 aromatic heterocycles. The number of imidazole rings is 1. The van der Waals surface area contributed by atoms with E-state index in [2.05, 4.69) is 27.2 Å². The third-order valence-corrected chi connectivity index (χ3v) is 4.05. The van der Waals surface area contributed by atoms with Crippen LogP contribution in [0.3, 0.4) is 0 Å². The minimum Gasteiger partial charge on any atom is -0.382 e. The van der Waals surface area contributed by atoms with E-state index in [0.29, 0.717) is 17.6 Å². The Balaban J connectivity index is 1.89. The Morgan fingerprint density at radius 3 is 3.05 bits per heavy atom. The molecule has 114 valence electrons. The smallest absolute Gasteiger partial charge is 0.382 e. The van der Waals surface area contributed by atoms with Crippen molar-refractivity contribution in [2.75, 3.05) is 5.73 Å². The molecule has 0 amide bonds. The van der Waals surface area contributed by atoms with E-state index in [1.807, 2.05) is 6.92 Å². The molecule has 21 heavy (non-hydrogen) atoms. The van der Waals surface area contributed by atoms with Gasteiger partial charge in [0.25, 0.3) is 0 Å². The molecule has 3 rings (SSSR count). The number of nitrogen functional groups attached to an aromatic ring is 1.